The zero-order valence-electron chi connectivity index (χ0n) is 15.9. The lowest BCUT2D eigenvalue weighted by Crippen LogP contribution is -2.54. The fraction of sp³-hybridized carbons (Fsp3) is 1.00. The average molecular weight is 303 g/mol. The van der Waals surface area contributed by atoms with Gasteiger partial charge >= 0.3 is 0 Å². The molecule has 1 saturated heterocycles. The molecule has 0 N–H and O–H groups in total. The number of rotatable bonds is 2. The molecule has 2 fully saturated rings. The molecule has 0 spiro atoms. The van der Waals surface area contributed by atoms with Crippen LogP contribution in [0.5, 0.6) is 0 Å². The lowest BCUT2D eigenvalue weighted by Gasteiger charge is -2.54. The first-order valence-corrected chi connectivity index (χ1v) is 9.78. The third-order valence-corrected chi connectivity index (χ3v) is 7.25. The number of fused-ring (bicyclic) bond motifs is 1. The molecule has 1 saturated carbocycles. The van der Waals surface area contributed by atoms with Crippen molar-refractivity contribution in [1.29, 1.82) is 0 Å². The molecule has 2 rings (SSSR count). The molecule has 2 radical (unpaired) electrons. The quantitative estimate of drug-likeness (QED) is 0.625. The molecule has 5 unspecified atom stereocenters. The second-order valence-corrected chi connectivity index (χ2v) is 9.04. The van der Waals surface area contributed by atoms with E-state index in [9.17, 15) is 0 Å². The average Bonchev–Trinajstić information content (AvgIpc) is 2.49. The van der Waals surface area contributed by atoms with E-state index in [0.717, 1.165) is 23.8 Å². The maximum Gasteiger partial charge on any atom is 0.0699 e. The van der Waals surface area contributed by atoms with Crippen molar-refractivity contribution in [3.8, 4) is 0 Å². The minimum atomic E-state index is 0.407. The van der Waals surface area contributed by atoms with Gasteiger partial charge in [0.1, 0.15) is 0 Å². The normalized spacial score (nSPS) is 41.8. The molecule has 22 heavy (non-hydrogen) atoms. The van der Waals surface area contributed by atoms with Gasteiger partial charge < -0.3 is 0 Å². The summed E-state index contributed by atoms with van der Waals surface area (Å²) in [7, 11) is 6.51. The third kappa shape index (κ3) is 3.58. The summed E-state index contributed by atoms with van der Waals surface area (Å²) >= 11 is 0. The fourth-order valence-electron chi connectivity index (χ4n) is 5.55. The Bertz CT molecular complexity index is 354. The van der Waals surface area contributed by atoms with Gasteiger partial charge in [-0.3, -0.25) is 4.90 Å². The van der Waals surface area contributed by atoms with Crippen molar-refractivity contribution < 1.29 is 0 Å². The molecular formula is C20H38BN. The molecule has 126 valence electrons. The van der Waals surface area contributed by atoms with Crippen LogP contribution in [-0.2, 0) is 0 Å². The van der Waals surface area contributed by atoms with Gasteiger partial charge in [-0.1, -0.05) is 52.3 Å². The smallest absolute Gasteiger partial charge is 0.0699 e. The molecule has 1 aliphatic heterocycles. The summed E-state index contributed by atoms with van der Waals surface area (Å²) in [5, 5.41) is 0. The Balaban J connectivity index is 2.31. The number of nitrogens with zero attached hydrogens (tertiary/aromatic N) is 1. The van der Waals surface area contributed by atoms with Crippen molar-refractivity contribution in [2.75, 3.05) is 6.54 Å². The third-order valence-electron chi connectivity index (χ3n) is 7.25. The summed E-state index contributed by atoms with van der Waals surface area (Å²) in [6, 6.07) is 1.40. The van der Waals surface area contributed by atoms with Crippen LogP contribution < -0.4 is 0 Å². The predicted molar refractivity (Wildman–Crippen MR) is 98.4 cm³/mol. The molecule has 0 aromatic heterocycles. The van der Waals surface area contributed by atoms with Crippen molar-refractivity contribution in [2.45, 2.75) is 98.0 Å². The van der Waals surface area contributed by atoms with E-state index in [1.165, 1.54) is 45.1 Å². The monoisotopic (exact) mass is 303 g/mol. The first-order chi connectivity index (χ1) is 10.3. The Labute approximate surface area is 141 Å². The summed E-state index contributed by atoms with van der Waals surface area (Å²) < 4.78 is 0. The zero-order valence-corrected chi connectivity index (χ0v) is 15.9. The van der Waals surface area contributed by atoms with Gasteiger partial charge in [0.2, 0.25) is 0 Å². The van der Waals surface area contributed by atoms with E-state index >= 15 is 0 Å². The topological polar surface area (TPSA) is 3.24 Å². The van der Waals surface area contributed by atoms with Crippen molar-refractivity contribution in [3.05, 3.63) is 0 Å². The number of hydrogen-bond donors (Lipinski definition) is 0. The van der Waals surface area contributed by atoms with Crippen LogP contribution in [0, 0.1) is 23.2 Å². The highest BCUT2D eigenvalue weighted by Gasteiger charge is 2.47. The lowest BCUT2D eigenvalue weighted by molar-refractivity contribution is -0.0451. The highest BCUT2D eigenvalue weighted by molar-refractivity contribution is 6.11. The number of piperidine rings is 1. The van der Waals surface area contributed by atoms with E-state index < -0.39 is 0 Å². The van der Waals surface area contributed by atoms with Gasteiger partial charge in [0, 0.05) is 12.1 Å². The predicted octanol–water partition coefficient (Wildman–Crippen LogP) is 5.30. The van der Waals surface area contributed by atoms with E-state index in [0.29, 0.717) is 17.3 Å². The first kappa shape index (κ1) is 18.4. The zero-order chi connectivity index (χ0) is 16.5. The first-order valence-electron chi connectivity index (χ1n) is 9.78. The highest BCUT2D eigenvalue weighted by atomic mass is 15.2. The number of likely N-dealkylation sites (tertiary alicyclic amines) is 1. The Morgan fingerprint density at radius 2 is 1.68 bits per heavy atom. The molecule has 0 bridgehead atoms. The van der Waals surface area contributed by atoms with Gasteiger partial charge in [-0.25, -0.2) is 0 Å². The molecule has 2 heteroatoms. The summed E-state index contributed by atoms with van der Waals surface area (Å²) in [6.45, 7) is 15.9. The second kappa shape index (κ2) is 7.28. The summed E-state index contributed by atoms with van der Waals surface area (Å²) in [5.74, 6) is 2.84. The van der Waals surface area contributed by atoms with Crippen LogP contribution in [0.1, 0.15) is 80.1 Å². The van der Waals surface area contributed by atoms with Crippen molar-refractivity contribution in [1.82, 2.24) is 4.90 Å². The SMILES string of the molecule is [B]C1CCCCC2C(C)N(C(C)C)CCC2C(C)(C(C)C)C1. The Kier molecular flexibility index (Phi) is 6.08. The van der Waals surface area contributed by atoms with Gasteiger partial charge in [0.25, 0.3) is 0 Å². The number of hydrogen-bond acceptors (Lipinski definition) is 1. The Morgan fingerprint density at radius 1 is 1.05 bits per heavy atom. The van der Waals surface area contributed by atoms with Crippen LogP contribution >= 0.6 is 0 Å². The standard InChI is InChI=1S/C20H38BN/c1-14(2)20(6)13-17(21)9-7-8-10-18-16(5)22(15(3)4)12-11-19(18)20/h14-19H,7-13H2,1-6H3. The van der Waals surface area contributed by atoms with Crippen LogP contribution in [0.25, 0.3) is 0 Å². The fourth-order valence-corrected chi connectivity index (χ4v) is 5.55. The van der Waals surface area contributed by atoms with Crippen molar-refractivity contribution in [3.63, 3.8) is 0 Å². The summed E-state index contributed by atoms with van der Waals surface area (Å²) in [4.78, 5) is 2.75. The molecule has 5 atom stereocenters. The van der Waals surface area contributed by atoms with Gasteiger partial charge in [-0.2, -0.15) is 0 Å². The lowest BCUT2D eigenvalue weighted by atomic mass is 9.55. The van der Waals surface area contributed by atoms with Gasteiger partial charge in [-0.15, -0.1) is 0 Å². The minimum Gasteiger partial charge on any atom is -0.298 e. The van der Waals surface area contributed by atoms with Gasteiger partial charge in [-0.05, 0) is 63.3 Å². The highest BCUT2D eigenvalue weighted by Crippen LogP contribution is 2.52. The van der Waals surface area contributed by atoms with E-state index in [1.54, 1.807) is 0 Å². The van der Waals surface area contributed by atoms with Crippen LogP contribution in [0.2, 0.25) is 5.82 Å². The Hall–Kier alpha value is 0.0249. The summed E-state index contributed by atoms with van der Waals surface area (Å²) in [5.41, 5.74) is 0.408. The minimum absolute atomic E-state index is 0.407. The molecule has 0 aromatic rings. The van der Waals surface area contributed by atoms with E-state index in [1.807, 2.05) is 0 Å². The molecular weight excluding hydrogens is 265 g/mol. The van der Waals surface area contributed by atoms with Crippen molar-refractivity contribution in [2.24, 2.45) is 23.2 Å². The molecule has 1 heterocycles. The maximum absolute atomic E-state index is 6.51. The molecule has 0 amide bonds. The van der Waals surface area contributed by atoms with Crippen LogP contribution in [0.4, 0.5) is 0 Å². The van der Waals surface area contributed by atoms with Crippen LogP contribution in [0.3, 0.4) is 0 Å². The molecule has 0 aromatic carbocycles. The maximum atomic E-state index is 6.51. The molecule has 1 nitrogen and oxygen atoms in total. The Morgan fingerprint density at radius 3 is 2.27 bits per heavy atom. The molecule has 2 aliphatic rings. The molecule has 1 aliphatic carbocycles. The van der Waals surface area contributed by atoms with Gasteiger partial charge in [0.05, 0.1) is 7.85 Å². The van der Waals surface area contributed by atoms with E-state index in [-0.39, 0.29) is 0 Å². The van der Waals surface area contributed by atoms with Crippen LogP contribution in [-0.4, -0.2) is 31.4 Å². The largest absolute Gasteiger partial charge is 0.298 e. The summed E-state index contributed by atoms with van der Waals surface area (Å²) in [6.07, 6.45) is 7.93. The van der Waals surface area contributed by atoms with Gasteiger partial charge in [0.15, 0.2) is 0 Å². The second-order valence-electron chi connectivity index (χ2n) is 9.04. The van der Waals surface area contributed by atoms with E-state index in [2.05, 4.69) is 46.4 Å². The van der Waals surface area contributed by atoms with E-state index in [4.69, 9.17) is 7.85 Å². The van der Waals surface area contributed by atoms with Crippen LogP contribution in [0.15, 0.2) is 0 Å². The van der Waals surface area contributed by atoms with Crippen molar-refractivity contribution >= 4 is 7.85 Å².